The fraction of sp³-hybridized carbons (Fsp3) is 0.370. The zero-order chi connectivity index (χ0) is 27.1. The van der Waals surface area contributed by atoms with Crippen molar-refractivity contribution in [3.05, 3.63) is 70.8 Å². The van der Waals surface area contributed by atoms with Crippen LogP contribution in [-0.2, 0) is 20.7 Å². The first kappa shape index (κ1) is 27.4. The number of cyclic esters (lactones) is 1. The van der Waals surface area contributed by atoms with Gasteiger partial charge < -0.3 is 24.6 Å². The van der Waals surface area contributed by atoms with Crippen LogP contribution in [-0.4, -0.2) is 95.4 Å². The number of hydrogen-bond donors (Lipinski definition) is 2. The quantitative estimate of drug-likeness (QED) is 0.527. The summed E-state index contributed by atoms with van der Waals surface area (Å²) in [6, 6.07) is 14.5. The third kappa shape index (κ3) is 7.25. The number of carbonyl (C=O) groups excluding carboxylic acids is 1. The predicted octanol–water partition coefficient (Wildman–Crippen LogP) is 3.51. The molecule has 5 rings (SSSR count). The lowest BCUT2D eigenvalue weighted by molar-refractivity contribution is -0.134. The Kier molecular flexibility index (Phi) is 9.22. The number of ether oxygens (including phenoxy) is 2. The standard InChI is InChI=1S/C23H26ClN3O3.C4H4O4/c24-18-5-6-21-17(15-18)16-20(19-3-1-2-4-22(19)30-21)26-10-7-25(8-11-26)9-12-27-13-14-29-23(27)28;5-3(6)1-2-4(7)8/h1-6,15,20H,7-14,16H2;1-2H,(H,5,6)(H,7,8). The molecule has 0 aromatic heterocycles. The van der Waals surface area contributed by atoms with Crippen LogP contribution in [0.1, 0.15) is 17.2 Å². The van der Waals surface area contributed by atoms with Crippen LogP contribution in [0.25, 0.3) is 0 Å². The monoisotopic (exact) mass is 543 g/mol. The summed E-state index contributed by atoms with van der Waals surface area (Å²) in [5, 5.41) is 16.4. The number of carboxylic acids is 2. The van der Waals surface area contributed by atoms with E-state index < -0.39 is 11.9 Å². The number of para-hydroxylation sites is 1. The number of benzene rings is 2. The molecule has 2 N–H and O–H groups in total. The average Bonchev–Trinajstić information content (AvgIpc) is 3.24. The number of carboxylic acid groups (broad SMARTS) is 2. The first-order chi connectivity index (χ1) is 18.3. The number of piperazine rings is 1. The van der Waals surface area contributed by atoms with E-state index in [-0.39, 0.29) is 12.1 Å². The van der Waals surface area contributed by atoms with E-state index in [0.29, 0.717) is 25.3 Å². The molecule has 0 aliphatic carbocycles. The van der Waals surface area contributed by atoms with Gasteiger partial charge in [0.25, 0.3) is 0 Å². The van der Waals surface area contributed by atoms with E-state index >= 15 is 0 Å². The minimum Gasteiger partial charge on any atom is -0.478 e. The summed E-state index contributed by atoms with van der Waals surface area (Å²) in [5.41, 5.74) is 2.39. The van der Waals surface area contributed by atoms with Gasteiger partial charge in [0.05, 0.1) is 6.54 Å². The van der Waals surface area contributed by atoms with Gasteiger partial charge in [0.2, 0.25) is 0 Å². The summed E-state index contributed by atoms with van der Waals surface area (Å²) in [4.78, 5) is 37.5. The number of fused-ring (bicyclic) bond motifs is 2. The third-order valence-corrected chi connectivity index (χ3v) is 6.92. The first-order valence-electron chi connectivity index (χ1n) is 12.4. The summed E-state index contributed by atoms with van der Waals surface area (Å²) < 4.78 is 11.3. The summed E-state index contributed by atoms with van der Waals surface area (Å²) in [6.45, 7) is 6.81. The number of hydrogen-bond acceptors (Lipinski definition) is 7. The molecule has 1 unspecified atom stereocenters. The fourth-order valence-electron chi connectivity index (χ4n) is 4.75. The second-order valence-electron chi connectivity index (χ2n) is 9.10. The van der Waals surface area contributed by atoms with Crippen molar-refractivity contribution < 1.29 is 34.1 Å². The van der Waals surface area contributed by atoms with E-state index in [1.807, 2.05) is 24.3 Å². The number of aliphatic carboxylic acids is 2. The Morgan fingerprint density at radius 1 is 0.947 bits per heavy atom. The van der Waals surface area contributed by atoms with Gasteiger partial charge in [-0.25, -0.2) is 14.4 Å². The minimum absolute atomic E-state index is 0.180. The summed E-state index contributed by atoms with van der Waals surface area (Å²) in [6.07, 6.45) is 1.82. The van der Waals surface area contributed by atoms with Gasteiger partial charge in [0.1, 0.15) is 18.1 Å². The molecule has 3 heterocycles. The van der Waals surface area contributed by atoms with E-state index in [9.17, 15) is 14.4 Å². The van der Waals surface area contributed by atoms with E-state index in [0.717, 1.165) is 67.8 Å². The van der Waals surface area contributed by atoms with Crippen LogP contribution in [0.5, 0.6) is 11.5 Å². The molecule has 202 valence electrons. The van der Waals surface area contributed by atoms with Gasteiger partial charge in [-0.05, 0) is 36.2 Å². The van der Waals surface area contributed by atoms with Crippen molar-refractivity contribution in [3.8, 4) is 11.5 Å². The molecule has 0 spiro atoms. The van der Waals surface area contributed by atoms with Crippen LogP contribution in [0.15, 0.2) is 54.6 Å². The number of amides is 1. The van der Waals surface area contributed by atoms with Gasteiger partial charge in [0.15, 0.2) is 0 Å². The van der Waals surface area contributed by atoms with Crippen molar-refractivity contribution in [1.29, 1.82) is 0 Å². The van der Waals surface area contributed by atoms with E-state index in [2.05, 4.69) is 28.0 Å². The van der Waals surface area contributed by atoms with Crippen LogP contribution in [0, 0.1) is 0 Å². The highest BCUT2D eigenvalue weighted by atomic mass is 35.5. The normalized spacial score (nSPS) is 19.4. The molecule has 10 nitrogen and oxygen atoms in total. The smallest absolute Gasteiger partial charge is 0.409 e. The summed E-state index contributed by atoms with van der Waals surface area (Å²) in [5.74, 6) is -0.691. The largest absolute Gasteiger partial charge is 0.478 e. The van der Waals surface area contributed by atoms with Crippen molar-refractivity contribution >= 4 is 29.6 Å². The molecule has 1 amide bonds. The zero-order valence-corrected chi connectivity index (χ0v) is 21.5. The van der Waals surface area contributed by atoms with E-state index in [1.54, 1.807) is 4.90 Å². The Hall–Kier alpha value is -3.60. The number of carbonyl (C=O) groups is 3. The molecule has 1 atom stereocenters. The van der Waals surface area contributed by atoms with Crippen LogP contribution >= 0.6 is 11.6 Å². The lowest BCUT2D eigenvalue weighted by Crippen LogP contribution is -2.49. The summed E-state index contributed by atoms with van der Waals surface area (Å²) >= 11 is 6.28. The average molecular weight is 544 g/mol. The maximum absolute atomic E-state index is 11.6. The molecule has 3 aliphatic heterocycles. The summed E-state index contributed by atoms with van der Waals surface area (Å²) in [7, 11) is 0. The molecular formula is C27H30ClN3O7. The molecule has 11 heteroatoms. The molecular weight excluding hydrogens is 514 g/mol. The molecule has 2 aromatic rings. The Morgan fingerprint density at radius 2 is 1.66 bits per heavy atom. The Balaban J connectivity index is 0.000000368. The predicted molar refractivity (Wildman–Crippen MR) is 140 cm³/mol. The highest BCUT2D eigenvalue weighted by molar-refractivity contribution is 6.30. The molecule has 2 fully saturated rings. The Bertz CT molecular complexity index is 1180. The maximum Gasteiger partial charge on any atom is 0.409 e. The minimum atomic E-state index is -1.26. The van der Waals surface area contributed by atoms with Gasteiger partial charge in [-0.2, -0.15) is 0 Å². The van der Waals surface area contributed by atoms with Gasteiger partial charge in [-0.1, -0.05) is 29.8 Å². The van der Waals surface area contributed by atoms with Crippen LogP contribution < -0.4 is 4.74 Å². The maximum atomic E-state index is 11.6. The van der Waals surface area contributed by atoms with Crippen molar-refractivity contribution in [2.45, 2.75) is 12.5 Å². The topological polar surface area (TPSA) is 120 Å². The molecule has 3 aliphatic rings. The van der Waals surface area contributed by atoms with Crippen molar-refractivity contribution in [1.82, 2.24) is 14.7 Å². The number of halogens is 1. The second-order valence-corrected chi connectivity index (χ2v) is 9.54. The van der Waals surface area contributed by atoms with E-state index in [4.69, 9.17) is 31.3 Å². The highest BCUT2D eigenvalue weighted by Crippen LogP contribution is 2.41. The van der Waals surface area contributed by atoms with Gasteiger partial charge in [-0.15, -0.1) is 0 Å². The molecule has 0 radical (unpaired) electrons. The first-order valence-corrected chi connectivity index (χ1v) is 12.7. The molecule has 38 heavy (non-hydrogen) atoms. The van der Waals surface area contributed by atoms with E-state index in [1.165, 1.54) is 5.56 Å². The number of nitrogens with zero attached hydrogens (tertiary/aromatic N) is 3. The molecule has 2 aromatic carbocycles. The van der Waals surface area contributed by atoms with Crippen molar-refractivity contribution in [2.24, 2.45) is 0 Å². The number of rotatable bonds is 6. The van der Waals surface area contributed by atoms with Crippen molar-refractivity contribution in [3.63, 3.8) is 0 Å². The van der Waals surface area contributed by atoms with Gasteiger partial charge in [0, 0.05) is 68.0 Å². The van der Waals surface area contributed by atoms with Gasteiger partial charge in [-0.3, -0.25) is 9.80 Å². The molecule has 0 saturated carbocycles. The third-order valence-electron chi connectivity index (χ3n) is 6.68. The fourth-order valence-corrected chi connectivity index (χ4v) is 4.95. The molecule has 0 bridgehead atoms. The second kappa shape index (κ2) is 12.8. The van der Waals surface area contributed by atoms with Crippen LogP contribution in [0.2, 0.25) is 5.02 Å². The Morgan fingerprint density at radius 3 is 2.32 bits per heavy atom. The SMILES string of the molecule is O=C(O)C=CC(=O)O.O=C1OCCN1CCN1CCN(C2Cc3cc(Cl)ccc3Oc3ccccc32)CC1. The van der Waals surface area contributed by atoms with Crippen molar-refractivity contribution in [2.75, 3.05) is 52.4 Å². The zero-order valence-electron chi connectivity index (χ0n) is 20.8. The lowest BCUT2D eigenvalue weighted by Gasteiger charge is -2.39. The van der Waals surface area contributed by atoms with Gasteiger partial charge >= 0.3 is 18.0 Å². The van der Waals surface area contributed by atoms with Crippen LogP contribution in [0.4, 0.5) is 4.79 Å². The lowest BCUT2D eigenvalue weighted by atomic mass is 9.96. The molecule has 2 saturated heterocycles. The highest BCUT2D eigenvalue weighted by Gasteiger charge is 2.31. The van der Waals surface area contributed by atoms with Crippen LogP contribution in [0.3, 0.4) is 0 Å². The Labute approximate surface area is 225 Å².